The van der Waals surface area contributed by atoms with E-state index in [0.29, 0.717) is 0 Å². The van der Waals surface area contributed by atoms with Crippen LogP contribution in [0.2, 0.25) is 0 Å². The summed E-state index contributed by atoms with van der Waals surface area (Å²) in [4.78, 5) is 4.33. The van der Waals surface area contributed by atoms with Crippen molar-refractivity contribution in [2.75, 3.05) is 13.2 Å². The van der Waals surface area contributed by atoms with Crippen molar-refractivity contribution in [3.63, 3.8) is 0 Å². The number of hydrogen-bond acceptors (Lipinski definition) is 5. The molecule has 19 heavy (non-hydrogen) atoms. The van der Waals surface area contributed by atoms with Gasteiger partial charge >= 0.3 is 10.4 Å². The molecule has 0 aromatic rings. The molecule has 0 atom stereocenters. The Kier molecular flexibility index (Phi) is 12.7. The van der Waals surface area contributed by atoms with E-state index in [-0.39, 0.29) is 13.2 Å². The fourth-order valence-electron chi connectivity index (χ4n) is 1.70. The molecule has 0 aliphatic heterocycles. The molecule has 0 saturated carbocycles. The first-order valence-corrected chi connectivity index (χ1v) is 8.66. The van der Waals surface area contributed by atoms with Crippen molar-refractivity contribution < 1.29 is 21.8 Å². The quantitative estimate of drug-likeness (QED) is 0.277. The van der Waals surface area contributed by atoms with Gasteiger partial charge in [0, 0.05) is 0 Å². The van der Waals surface area contributed by atoms with E-state index in [1.165, 1.54) is 38.5 Å². The van der Waals surface area contributed by atoms with Crippen molar-refractivity contribution in [1.82, 2.24) is 0 Å². The van der Waals surface area contributed by atoms with Crippen LogP contribution >= 0.6 is 0 Å². The van der Waals surface area contributed by atoms with Crippen molar-refractivity contribution in [2.24, 2.45) is 0 Å². The fraction of sp³-hybridized carbons (Fsp3) is 1.00. The minimum atomic E-state index is -3.97. The lowest BCUT2D eigenvalue weighted by molar-refractivity contribution is -0.205. The highest BCUT2D eigenvalue weighted by Crippen LogP contribution is 2.10. The molecule has 0 heterocycles. The standard InChI is InChI=1S/C13H28O5S/c1-3-5-6-7-8-9-10-11-12-13-17-19(14,15)18-16-4-2/h3-13H2,1-2H3. The zero-order chi connectivity index (χ0) is 14.4. The van der Waals surface area contributed by atoms with Crippen LogP contribution in [-0.2, 0) is 23.8 Å². The van der Waals surface area contributed by atoms with Crippen molar-refractivity contribution in [2.45, 2.75) is 71.6 Å². The molecule has 6 heteroatoms. The first-order valence-electron chi connectivity index (χ1n) is 7.32. The van der Waals surface area contributed by atoms with Crippen LogP contribution in [-0.4, -0.2) is 21.6 Å². The van der Waals surface area contributed by atoms with Gasteiger partial charge in [0.05, 0.1) is 13.2 Å². The van der Waals surface area contributed by atoms with Crippen LogP contribution < -0.4 is 0 Å². The van der Waals surface area contributed by atoms with Crippen LogP contribution in [0.25, 0.3) is 0 Å². The van der Waals surface area contributed by atoms with Crippen LogP contribution in [0.4, 0.5) is 0 Å². The maximum absolute atomic E-state index is 11.1. The molecule has 0 saturated heterocycles. The Morgan fingerprint density at radius 1 is 0.789 bits per heavy atom. The molecule has 0 aliphatic rings. The Morgan fingerprint density at radius 3 is 1.84 bits per heavy atom. The molecule has 5 nitrogen and oxygen atoms in total. The number of unbranched alkanes of at least 4 members (excludes halogenated alkanes) is 8. The minimum Gasteiger partial charge on any atom is -0.246 e. The molecule has 0 unspecified atom stereocenters. The summed E-state index contributed by atoms with van der Waals surface area (Å²) in [6.07, 6.45) is 10.6. The lowest BCUT2D eigenvalue weighted by Crippen LogP contribution is -2.11. The Labute approximate surface area is 117 Å². The third-order valence-corrected chi connectivity index (χ3v) is 3.44. The highest BCUT2D eigenvalue weighted by atomic mass is 32.3. The van der Waals surface area contributed by atoms with Gasteiger partial charge in [0.2, 0.25) is 0 Å². The summed E-state index contributed by atoms with van der Waals surface area (Å²) in [6, 6.07) is 0. The van der Waals surface area contributed by atoms with Gasteiger partial charge in [-0.05, 0) is 13.3 Å². The van der Waals surface area contributed by atoms with Crippen molar-refractivity contribution >= 4 is 10.4 Å². The molecule has 0 aliphatic carbocycles. The second-order valence-corrected chi connectivity index (χ2v) is 5.72. The van der Waals surface area contributed by atoms with E-state index in [4.69, 9.17) is 0 Å². The Hall–Kier alpha value is -0.170. The molecule has 0 rings (SSSR count). The zero-order valence-corrected chi connectivity index (χ0v) is 13.0. The van der Waals surface area contributed by atoms with Crippen LogP contribution in [0.3, 0.4) is 0 Å². The van der Waals surface area contributed by atoms with Crippen LogP contribution in [0, 0.1) is 0 Å². The third kappa shape index (κ3) is 14.1. The summed E-state index contributed by atoms with van der Waals surface area (Å²) >= 11 is 0. The highest BCUT2D eigenvalue weighted by Gasteiger charge is 2.12. The highest BCUT2D eigenvalue weighted by molar-refractivity contribution is 7.81. The van der Waals surface area contributed by atoms with E-state index >= 15 is 0 Å². The zero-order valence-electron chi connectivity index (χ0n) is 12.2. The van der Waals surface area contributed by atoms with Gasteiger partial charge in [-0.25, -0.2) is 9.07 Å². The number of rotatable bonds is 14. The normalized spacial score (nSPS) is 11.9. The number of hydrogen-bond donors (Lipinski definition) is 0. The summed E-state index contributed by atoms with van der Waals surface area (Å²) in [7, 11) is -3.97. The monoisotopic (exact) mass is 296 g/mol. The first-order chi connectivity index (χ1) is 9.12. The van der Waals surface area contributed by atoms with Crippen molar-refractivity contribution in [1.29, 1.82) is 0 Å². The predicted octanol–water partition coefficient (Wildman–Crippen LogP) is 3.75. The first kappa shape index (κ1) is 18.8. The van der Waals surface area contributed by atoms with Gasteiger partial charge in [-0.1, -0.05) is 62.6 Å². The summed E-state index contributed by atoms with van der Waals surface area (Å²) < 4.78 is 30.8. The third-order valence-electron chi connectivity index (χ3n) is 2.72. The van der Waals surface area contributed by atoms with Gasteiger partial charge < -0.3 is 0 Å². The van der Waals surface area contributed by atoms with Gasteiger partial charge in [0.25, 0.3) is 0 Å². The van der Waals surface area contributed by atoms with E-state index in [1.54, 1.807) is 6.92 Å². The summed E-state index contributed by atoms with van der Waals surface area (Å²) in [5.41, 5.74) is 0. The van der Waals surface area contributed by atoms with Crippen LogP contribution in [0.5, 0.6) is 0 Å². The summed E-state index contributed by atoms with van der Waals surface area (Å²) in [5, 5.41) is 0. The van der Waals surface area contributed by atoms with E-state index < -0.39 is 10.4 Å². The molecular formula is C13H28O5S. The molecule has 0 aromatic heterocycles. The molecule has 0 bridgehead atoms. The molecular weight excluding hydrogens is 268 g/mol. The van der Waals surface area contributed by atoms with Crippen LogP contribution in [0.15, 0.2) is 0 Å². The molecule has 0 amide bonds. The average molecular weight is 296 g/mol. The molecule has 0 N–H and O–H groups in total. The smallest absolute Gasteiger partial charge is 0.246 e. The lowest BCUT2D eigenvalue weighted by Gasteiger charge is -2.04. The van der Waals surface area contributed by atoms with E-state index in [9.17, 15) is 8.42 Å². The summed E-state index contributed by atoms with van der Waals surface area (Å²) in [5.74, 6) is 0. The topological polar surface area (TPSA) is 61.8 Å². The summed E-state index contributed by atoms with van der Waals surface area (Å²) in [6.45, 7) is 4.17. The van der Waals surface area contributed by atoms with E-state index in [2.05, 4.69) is 20.3 Å². The van der Waals surface area contributed by atoms with Crippen LogP contribution in [0.1, 0.15) is 71.6 Å². The average Bonchev–Trinajstić information content (AvgIpc) is 2.38. The fourth-order valence-corrected chi connectivity index (χ4v) is 2.28. The molecule has 0 radical (unpaired) electrons. The van der Waals surface area contributed by atoms with Gasteiger partial charge in [0.15, 0.2) is 0 Å². The Bertz CT molecular complexity index is 277. The van der Waals surface area contributed by atoms with Crippen molar-refractivity contribution in [3.8, 4) is 0 Å². The van der Waals surface area contributed by atoms with E-state index in [1.807, 2.05) is 0 Å². The van der Waals surface area contributed by atoms with Gasteiger partial charge in [-0.3, -0.25) is 0 Å². The molecule has 0 aromatic carbocycles. The van der Waals surface area contributed by atoms with Gasteiger partial charge in [0.1, 0.15) is 0 Å². The maximum Gasteiger partial charge on any atom is 0.426 e. The second kappa shape index (κ2) is 12.8. The predicted molar refractivity (Wildman–Crippen MR) is 74.8 cm³/mol. The van der Waals surface area contributed by atoms with Gasteiger partial charge in [-0.15, -0.1) is 0 Å². The second-order valence-electron chi connectivity index (χ2n) is 4.53. The molecule has 0 spiro atoms. The largest absolute Gasteiger partial charge is 0.426 e. The minimum absolute atomic E-state index is 0.158. The van der Waals surface area contributed by atoms with Gasteiger partial charge in [-0.2, -0.15) is 8.42 Å². The van der Waals surface area contributed by atoms with E-state index in [0.717, 1.165) is 19.3 Å². The molecule has 116 valence electrons. The maximum atomic E-state index is 11.1. The lowest BCUT2D eigenvalue weighted by atomic mass is 10.1. The Morgan fingerprint density at radius 2 is 1.32 bits per heavy atom. The van der Waals surface area contributed by atoms with Crippen molar-refractivity contribution in [3.05, 3.63) is 0 Å². The Balaban J connectivity index is 3.26. The SMILES string of the molecule is CCCCCCCCCCCOS(=O)(=O)OOCC. The molecule has 0 fully saturated rings.